The summed E-state index contributed by atoms with van der Waals surface area (Å²) in [6.07, 6.45) is 1.59. The summed E-state index contributed by atoms with van der Waals surface area (Å²) in [6.45, 7) is 2.01. The molecule has 1 aromatic carbocycles. The molecule has 1 N–H and O–H groups in total. The Balaban J connectivity index is 2.16. The maximum atomic E-state index is 13.4. The van der Waals surface area contributed by atoms with Crippen molar-refractivity contribution >= 4 is 39.1 Å². The second-order valence-electron chi connectivity index (χ2n) is 3.88. The van der Waals surface area contributed by atoms with Crippen LogP contribution in [0.1, 0.15) is 28.7 Å². The molecule has 1 amide bonds. The van der Waals surface area contributed by atoms with E-state index in [9.17, 15) is 9.18 Å². The van der Waals surface area contributed by atoms with E-state index < -0.39 is 5.82 Å². The SMILES string of the molecule is CCCc1nnsc1C(=O)Nc1ccc(Br)c(F)c1. The molecule has 0 saturated heterocycles. The fourth-order valence-electron chi connectivity index (χ4n) is 1.54. The number of amides is 1. The summed E-state index contributed by atoms with van der Waals surface area (Å²) in [5.74, 6) is -0.728. The molecule has 0 unspecified atom stereocenters. The number of carbonyl (C=O) groups is 1. The van der Waals surface area contributed by atoms with E-state index in [2.05, 4.69) is 30.8 Å². The predicted molar refractivity (Wildman–Crippen MR) is 76.0 cm³/mol. The lowest BCUT2D eigenvalue weighted by Crippen LogP contribution is -2.12. The molecule has 0 aliphatic rings. The van der Waals surface area contributed by atoms with Crippen LogP contribution in [-0.2, 0) is 6.42 Å². The highest BCUT2D eigenvalue weighted by molar-refractivity contribution is 9.10. The lowest BCUT2D eigenvalue weighted by molar-refractivity contribution is 0.102. The smallest absolute Gasteiger partial charge is 0.269 e. The lowest BCUT2D eigenvalue weighted by Gasteiger charge is -2.05. The van der Waals surface area contributed by atoms with Crippen LogP contribution < -0.4 is 5.32 Å². The van der Waals surface area contributed by atoms with Crippen molar-refractivity contribution in [3.05, 3.63) is 39.1 Å². The van der Waals surface area contributed by atoms with Gasteiger partial charge in [0, 0.05) is 5.69 Å². The van der Waals surface area contributed by atoms with Crippen molar-refractivity contribution in [2.24, 2.45) is 0 Å². The van der Waals surface area contributed by atoms with E-state index in [1.54, 1.807) is 12.1 Å². The normalized spacial score (nSPS) is 10.5. The van der Waals surface area contributed by atoms with Gasteiger partial charge < -0.3 is 5.32 Å². The van der Waals surface area contributed by atoms with E-state index in [0.29, 0.717) is 27.2 Å². The first-order chi connectivity index (χ1) is 9.11. The highest BCUT2D eigenvalue weighted by atomic mass is 79.9. The summed E-state index contributed by atoms with van der Waals surface area (Å²) in [4.78, 5) is 12.5. The Morgan fingerprint density at radius 3 is 3.00 bits per heavy atom. The quantitative estimate of drug-likeness (QED) is 0.921. The zero-order chi connectivity index (χ0) is 13.8. The number of hydrogen-bond acceptors (Lipinski definition) is 4. The standard InChI is InChI=1S/C12H11BrFN3OS/c1-2-3-10-11(19-17-16-10)12(18)15-7-4-5-8(13)9(14)6-7/h4-6H,2-3H2,1H3,(H,15,18). The number of carbonyl (C=O) groups excluding carboxylic acids is 1. The number of aryl methyl sites for hydroxylation is 1. The molecule has 0 aliphatic heterocycles. The van der Waals surface area contributed by atoms with Gasteiger partial charge in [0.25, 0.3) is 5.91 Å². The van der Waals surface area contributed by atoms with Crippen molar-refractivity contribution in [3.8, 4) is 0 Å². The van der Waals surface area contributed by atoms with Crippen LogP contribution in [-0.4, -0.2) is 15.5 Å². The van der Waals surface area contributed by atoms with Crippen molar-refractivity contribution in [1.82, 2.24) is 9.59 Å². The summed E-state index contributed by atoms with van der Waals surface area (Å²) in [6, 6.07) is 4.43. The van der Waals surface area contributed by atoms with Crippen molar-refractivity contribution in [3.63, 3.8) is 0 Å². The van der Waals surface area contributed by atoms with Gasteiger partial charge in [-0.2, -0.15) is 0 Å². The number of anilines is 1. The molecule has 0 atom stereocenters. The zero-order valence-electron chi connectivity index (χ0n) is 10.1. The van der Waals surface area contributed by atoms with Gasteiger partial charge in [0.1, 0.15) is 10.7 Å². The number of hydrogen-bond donors (Lipinski definition) is 1. The molecule has 0 spiro atoms. The first-order valence-corrected chi connectivity index (χ1v) is 7.26. The fourth-order valence-corrected chi connectivity index (χ4v) is 2.39. The molecule has 0 fully saturated rings. The molecule has 1 heterocycles. The molecule has 0 saturated carbocycles. The highest BCUT2D eigenvalue weighted by Gasteiger charge is 2.16. The Labute approximate surface area is 122 Å². The van der Waals surface area contributed by atoms with Gasteiger partial charge in [-0.1, -0.05) is 17.8 Å². The number of nitrogens with zero attached hydrogens (tertiary/aromatic N) is 2. The maximum absolute atomic E-state index is 13.4. The Hall–Kier alpha value is -1.34. The summed E-state index contributed by atoms with van der Waals surface area (Å²) >= 11 is 4.11. The fraction of sp³-hybridized carbons (Fsp3) is 0.250. The second kappa shape index (κ2) is 6.21. The molecular formula is C12H11BrFN3OS. The monoisotopic (exact) mass is 343 g/mol. The average molecular weight is 344 g/mol. The Bertz CT molecular complexity index is 602. The molecule has 4 nitrogen and oxygen atoms in total. The number of rotatable bonds is 4. The minimum atomic E-state index is -0.422. The minimum Gasteiger partial charge on any atom is -0.321 e. The Morgan fingerprint density at radius 1 is 1.53 bits per heavy atom. The van der Waals surface area contributed by atoms with E-state index in [4.69, 9.17) is 0 Å². The molecule has 2 rings (SSSR count). The second-order valence-corrected chi connectivity index (χ2v) is 5.49. The van der Waals surface area contributed by atoms with E-state index in [-0.39, 0.29) is 5.91 Å². The number of halogens is 2. The summed E-state index contributed by atoms with van der Waals surface area (Å²) < 4.78 is 17.5. The third-order valence-corrected chi connectivity index (χ3v) is 3.84. The Kier molecular flexibility index (Phi) is 4.60. The molecule has 19 heavy (non-hydrogen) atoms. The molecule has 1 aromatic heterocycles. The van der Waals surface area contributed by atoms with Gasteiger partial charge >= 0.3 is 0 Å². The van der Waals surface area contributed by atoms with E-state index in [0.717, 1.165) is 18.0 Å². The largest absolute Gasteiger partial charge is 0.321 e. The predicted octanol–water partition coefficient (Wildman–Crippen LogP) is 3.64. The molecular weight excluding hydrogens is 333 g/mol. The number of benzene rings is 1. The summed E-state index contributed by atoms with van der Waals surface area (Å²) in [5, 5.41) is 6.57. The molecule has 100 valence electrons. The topological polar surface area (TPSA) is 54.9 Å². The van der Waals surface area contributed by atoms with Crippen LogP contribution in [0.5, 0.6) is 0 Å². The first-order valence-electron chi connectivity index (χ1n) is 5.69. The van der Waals surface area contributed by atoms with Gasteiger partial charge in [0.05, 0.1) is 10.2 Å². The first kappa shape index (κ1) is 14.1. The van der Waals surface area contributed by atoms with Crippen LogP contribution in [0.25, 0.3) is 0 Å². The van der Waals surface area contributed by atoms with Crippen LogP contribution in [0.15, 0.2) is 22.7 Å². The van der Waals surface area contributed by atoms with Crippen LogP contribution in [0.2, 0.25) is 0 Å². The van der Waals surface area contributed by atoms with Crippen LogP contribution in [0.3, 0.4) is 0 Å². The maximum Gasteiger partial charge on any atom is 0.269 e. The number of nitrogens with one attached hydrogen (secondary N) is 1. The molecule has 2 aromatic rings. The van der Waals surface area contributed by atoms with E-state index >= 15 is 0 Å². The van der Waals surface area contributed by atoms with Gasteiger partial charge in [-0.25, -0.2) is 4.39 Å². The van der Waals surface area contributed by atoms with Crippen molar-refractivity contribution in [2.45, 2.75) is 19.8 Å². The van der Waals surface area contributed by atoms with Crippen LogP contribution in [0, 0.1) is 5.82 Å². The van der Waals surface area contributed by atoms with Crippen molar-refractivity contribution < 1.29 is 9.18 Å². The molecule has 0 aliphatic carbocycles. The Morgan fingerprint density at radius 2 is 2.32 bits per heavy atom. The van der Waals surface area contributed by atoms with E-state index in [1.807, 2.05) is 6.92 Å². The van der Waals surface area contributed by atoms with Crippen LogP contribution in [0.4, 0.5) is 10.1 Å². The third-order valence-electron chi connectivity index (χ3n) is 2.43. The summed E-state index contributed by atoms with van der Waals surface area (Å²) in [5.41, 5.74) is 1.09. The zero-order valence-corrected chi connectivity index (χ0v) is 12.5. The van der Waals surface area contributed by atoms with Gasteiger partial charge in [0.2, 0.25) is 0 Å². The lowest BCUT2D eigenvalue weighted by atomic mass is 10.2. The van der Waals surface area contributed by atoms with Crippen LogP contribution >= 0.6 is 27.5 Å². The van der Waals surface area contributed by atoms with Gasteiger partial charge in [0.15, 0.2) is 0 Å². The number of aromatic nitrogens is 2. The van der Waals surface area contributed by atoms with Gasteiger partial charge in [-0.15, -0.1) is 5.10 Å². The van der Waals surface area contributed by atoms with Gasteiger partial charge in [-0.05, 0) is 52.1 Å². The highest BCUT2D eigenvalue weighted by Crippen LogP contribution is 2.21. The van der Waals surface area contributed by atoms with Crippen molar-refractivity contribution in [2.75, 3.05) is 5.32 Å². The summed E-state index contributed by atoms with van der Waals surface area (Å²) in [7, 11) is 0. The molecule has 0 bridgehead atoms. The molecule has 0 radical (unpaired) electrons. The van der Waals surface area contributed by atoms with Crippen molar-refractivity contribution in [1.29, 1.82) is 0 Å². The average Bonchev–Trinajstić information content (AvgIpc) is 2.83. The van der Waals surface area contributed by atoms with Gasteiger partial charge in [-0.3, -0.25) is 4.79 Å². The molecule has 7 heteroatoms. The minimum absolute atomic E-state index is 0.305. The third kappa shape index (κ3) is 3.36. The van der Waals surface area contributed by atoms with E-state index in [1.165, 1.54) is 6.07 Å².